The number of nitrogens with one attached hydrogen (secondary N) is 1. The van der Waals surface area contributed by atoms with Gasteiger partial charge in [0.15, 0.2) is 0 Å². The van der Waals surface area contributed by atoms with Gasteiger partial charge in [0.2, 0.25) is 0 Å². The minimum atomic E-state index is 0.505. The van der Waals surface area contributed by atoms with Crippen LogP contribution >= 0.6 is 0 Å². The van der Waals surface area contributed by atoms with E-state index in [2.05, 4.69) is 60.7 Å². The highest BCUT2D eigenvalue weighted by Gasteiger charge is 2.09. The lowest BCUT2D eigenvalue weighted by molar-refractivity contribution is 0.270. The number of hydrogen-bond donors (Lipinski definition) is 1. The van der Waals surface area contributed by atoms with Crippen LogP contribution in [0.5, 0.6) is 0 Å². The Morgan fingerprint density at radius 1 is 1.26 bits per heavy atom. The summed E-state index contributed by atoms with van der Waals surface area (Å²) in [6, 6.07) is 2.73. The second kappa shape index (κ2) is 8.33. The van der Waals surface area contributed by atoms with E-state index < -0.39 is 0 Å². The molecule has 1 aromatic rings. The van der Waals surface area contributed by atoms with Crippen molar-refractivity contribution in [1.29, 1.82) is 0 Å². The largest absolute Gasteiger partial charge is 0.307 e. The van der Waals surface area contributed by atoms with E-state index in [4.69, 9.17) is 0 Å². The van der Waals surface area contributed by atoms with Gasteiger partial charge in [-0.25, -0.2) is 0 Å². The maximum Gasteiger partial charge on any atom is 0.0625 e. The quantitative estimate of drug-likeness (QED) is 0.744. The van der Waals surface area contributed by atoms with Gasteiger partial charge in [0.05, 0.1) is 11.4 Å². The molecule has 0 aromatic carbocycles. The second-order valence-corrected chi connectivity index (χ2v) is 5.06. The Morgan fingerprint density at radius 2 is 1.95 bits per heavy atom. The van der Waals surface area contributed by atoms with Crippen molar-refractivity contribution in [2.75, 3.05) is 19.6 Å². The summed E-state index contributed by atoms with van der Waals surface area (Å²) in [5, 5.41) is 8.19. The molecule has 1 aromatic heterocycles. The van der Waals surface area contributed by atoms with Gasteiger partial charge in [0.1, 0.15) is 0 Å². The summed E-state index contributed by atoms with van der Waals surface area (Å²) in [4.78, 5) is 2.45. The van der Waals surface area contributed by atoms with Crippen molar-refractivity contribution in [1.82, 2.24) is 20.0 Å². The molecule has 0 radical (unpaired) electrons. The third kappa shape index (κ3) is 4.96. The molecule has 4 nitrogen and oxygen atoms in total. The lowest BCUT2D eigenvalue weighted by atomic mass is 10.2. The van der Waals surface area contributed by atoms with E-state index in [0.29, 0.717) is 6.04 Å². The fourth-order valence-electron chi connectivity index (χ4n) is 2.32. The summed E-state index contributed by atoms with van der Waals surface area (Å²) in [7, 11) is 0. The Hall–Kier alpha value is -0.870. The summed E-state index contributed by atoms with van der Waals surface area (Å²) in [5.74, 6) is 0. The number of aromatic nitrogens is 2. The van der Waals surface area contributed by atoms with Crippen LogP contribution in [0.3, 0.4) is 0 Å². The fraction of sp³-hybridized carbons (Fsp3) is 0.800. The first-order valence-electron chi connectivity index (χ1n) is 7.65. The molecule has 0 spiro atoms. The van der Waals surface area contributed by atoms with Crippen LogP contribution in [0, 0.1) is 0 Å². The summed E-state index contributed by atoms with van der Waals surface area (Å²) in [5.41, 5.74) is 2.49. The lowest BCUT2D eigenvalue weighted by Gasteiger charge is -2.23. The van der Waals surface area contributed by atoms with Gasteiger partial charge in [-0.05, 0) is 39.4 Å². The highest BCUT2D eigenvalue weighted by Crippen LogP contribution is 2.06. The molecule has 0 aliphatic rings. The summed E-state index contributed by atoms with van der Waals surface area (Å²) in [6.07, 6.45) is 1.01. The van der Waals surface area contributed by atoms with Gasteiger partial charge < -0.3 is 10.2 Å². The number of aryl methyl sites for hydroxylation is 2. The zero-order chi connectivity index (χ0) is 14.3. The van der Waals surface area contributed by atoms with E-state index >= 15 is 0 Å². The Balaban J connectivity index is 2.49. The Bertz CT molecular complexity index is 355. The first-order valence-corrected chi connectivity index (χ1v) is 7.65. The molecule has 4 heteroatoms. The Labute approximate surface area is 118 Å². The van der Waals surface area contributed by atoms with Crippen LogP contribution in [0.2, 0.25) is 0 Å². The molecule has 1 atom stereocenters. The lowest BCUT2D eigenvalue weighted by Crippen LogP contribution is -2.39. The smallest absolute Gasteiger partial charge is 0.0625 e. The van der Waals surface area contributed by atoms with Gasteiger partial charge in [-0.3, -0.25) is 4.68 Å². The van der Waals surface area contributed by atoms with Crippen molar-refractivity contribution in [2.45, 2.75) is 60.2 Å². The number of rotatable bonds is 9. The zero-order valence-corrected chi connectivity index (χ0v) is 13.2. The highest BCUT2D eigenvalue weighted by molar-refractivity contribution is 5.10. The Morgan fingerprint density at radius 3 is 2.47 bits per heavy atom. The maximum absolute atomic E-state index is 4.58. The molecule has 0 saturated heterocycles. The summed E-state index contributed by atoms with van der Waals surface area (Å²) in [6.45, 7) is 16.2. The van der Waals surface area contributed by atoms with Gasteiger partial charge >= 0.3 is 0 Å². The van der Waals surface area contributed by atoms with Crippen LogP contribution in [-0.2, 0) is 19.5 Å². The van der Waals surface area contributed by atoms with Crippen molar-refractivity contribution in [3.63, 3.8) is 0 Å². The van der Waals surface area contributed by atoms with Crippen LogP contribution in [-0.4, -0.2) is 40.4 Å². The van der Waals surface area contributed by atoms with Crippen molar-refractivity contribution in [3.8, 4) is 0 Å². The van der Waals surface area contributed by atoms with E-state index in [1.54, 1.807) is 0 Å². The molecule has 0 bridgehead atoms. The van der Waals surface area contributed by atoms with E-state index in [1.807, 2.05) is 0 Å². The van der Waals surface area contributed by atoms with Crippen molar-refractivity contribution < 1.29 is 0 Å². The molecular weight excluding hydrogens is 236 g/mol. The topological polar surface area (TPSA) is 33.1 Å². The van der Waals surface area contributed by atoms with Crippen LogP contribution < -0.4 is 5.32 Å². The second-order valence-electron chi connectivity index (χ2n) is 5.06. The number of likely N-dealkylation sites (N-methyl/N-ethyl adjacent to an activating group) is 1. The van der Waals surface area contributed by atoms with Crippen LogP contribution in [0.4, 0.5) is 0 Å². The fourth-order valence-corrected chi connectivity index (χ4v) is 2.32. The van der Waals surface area contributed by atoms with Crippen molar-refractivity contribution in [3.05, 3.63) is 17.5 Å². The number of nitrogens with zero attached hydrogens (tertiary/aromatic N) is 3. The molecule has 0 amide bonds. The van der Waals surface area contributed by atoms with Crippen LogP contribution in [0.25, 0.3) is 0 Å². The molecule has 0 saturated carbocycles. The third-order valence-corrected chi connectivity index (χ3v) is 3.63. The van der Waals surface area contributed by atoms with Gasteiger partial charge in [0.25, 0.3) is 0 Å². The van der Waals surface area contributed by atoms with Gasteiger partial charge in [-0.2, -0.15) is 5.10 Å². The molecular formula is C15H30N4. The predicted molar refractivity (Wildman–Crippen MR) is 81.4 cm³/mol. The predicted octanol–water partition coefficient (Wildman–Crippen LogP) is 2.29. The molecule has 0 aliphatic heterocycles. The average Bonchev–Trinajstić information content (AvgIpc) is 2.84. The van der Waals surface area contributed by atoms with E-state index in [-0.39, 0.29) is 0 Å². The molecule has 19 heavy (non-hydrogen) atoms. The molecule has 0 aliphatic carbocycles. The first kappa shape index (κ1) is 16.2. The zero-order valence-electron chi connectivity index (χ0n) is 13.2. The molecule has 0 fully saturated rings. The molecule has 1 rings (SSSR count). The van der Waals surface area contributed by atoms with Gasteiger partial charge in [-0.1, -0.05) is 20.8 Å². The molecule has 1 unspecified atom stereocenters. The molecule has 1 heterocycles. The maximum atomic E-state index is 4.58. The van der Waals surface area contributed by atoms with Gasteiger partial charge in [-0.15, -0.1) is 0 Å². The number of hydrogen-bond acceptors (Lipinski definition) is 3. The van der Waals surface area contributed by atoms with Crippen LogP contribution in [0.1, 0.15) is 46.0 Å². The van der Waals surface area contributed by atoms with E-state index in [0.717, 1.165) is 39.1 Å². The summed E-state index contributed by atoms with van der Waals surface area (Å²) < 4.78 is 2.11. The molecule has 110 valence electrons. The van der Waals surface area contributed by atoms with Crippen molar-refractivity contribution >= 4 is 0 Å². The van der Waals surface area contributed by atoms with Crippen LogP contribution in [0.15, 0.2) is 6.07 Å². The standard InChI is InChI=1S/C15H30N4/c1-6-14-10-15(19(9-4)17-14)11-16-13(5)12-18(7-2)8-3/h10,13,16H,6-9,11-12H2,1-5H3. The van der Waals surface area contributed by atoms with Crippen molar-refractivity contribution in [2.24, 2.45) is 0 Å². The summed E-state index contributed by atoms with van der Waals surface area (Å²) >= 11 is 0. The Kier molecular flexibility index (Phi) is 7.10. The normalized spacial score (nSPS) is 13.2. The minimum Gasteiger partial charge on any atom is -0.307 e. The third-order valence-electron chi connectivity index (χ3n) is 3.63. The minimum absolute atomic E-state index is 0.505. The van der Waals surface area contributed by atoms with Gasteiger partial charge in [0, 0.05) is 25.7 Å². The first-order chi connectivity index (χ1) is 9.14. The molecule has 1 N–H and O–H groups in total. The monoisotopic (exact) mass is 266 g/mol. The van der Waals surface area contributed by atoms with E-state index in [1.165, 1.54) is 11.4 Å². The highest BCUT2D eigenvalue weighted by atomic mass is 15.3. The average molecular weight is 266 g/mol. The SMILES string of the molecule is CCc1cc(CNC(C)CN(CC)CC)n(CC)n1. The van der Waals surface area contributed by atoms with E-state index in [9.17, 15) is 0 Å².